The van der Waals surface area contributed by atoms with E-state index in [0.717, 1.165) is 28.3 Å². The van der Waals surface area contributed by atoms with Gasteiger partial charge in [-0.15, -0.1) is 0 Å². The SMILES string of the molecule is CC(C)n1cc(-c2cnc3c(c2)c(B2CC(C)(C)C(C)(C)O2)cn3S(=O)(=O)c2ccccc2)cn1. The number of pyridine rings is 1. The second-order valence-corrected chi connectivity index (χ2v) is 12.6. The van der Waals surface area contributed by atoms with E-state index in [0.29, 0.717) is 5.65 Å². The first-order chi connectivity index (χ1) is 16.4. The fourth-order valence-corrected chi connectivity index (χ4v) is 5.97. The standard InChI is InChI=1S/C26H31BN4O3S/c1-18(2)30-15-20(14-29-30)19-12-22-23(27-17-25(3,4)26(5,6)34-27)16-31(24(22)28-13-19)35(32,33)21-10-8-7-9-11-21/h7-16,18H,17H2,1-6H3. The van der Waals surface area contributed by atoms with Gasteiger partial charge in [-0.3, -0.25) is 4.68 Å². The summed E-state index contributed by atoms with van der Waals surface area (Å²) in [4.78, 5) is 4.88. The van der Waals surface area contributed by atoms with Gasteiger partial charge in [0.1, 0.15) is 0 Å². The molecule has 0 aliphatic carbocycles. The molecular weight excluding hydrogens is 459 g/mol. The van der Waals surface area contributed by atoms with Crippen LogP contribution >= 0.6 is 0 Å². The molecular formula is C26H31BN4O3S. The first kappa shape index (κ1) is 23.8. The van der Waals surface area contributed by atoms with Gasteiger partial charge in [-0.1, -0.05) is 32.0 Å². The summed E-state index contributed by atoms with van der Waals surface area (Å²) in [6.07, 6.45) is 8.00. The quantitative estimate of drug-likeness (QED) is 0.377. The summed E-state index contributed by atoms with van der Waals surface area (Å²) in [6, 6.07) is 10.7. The van der Waals surface area contributed by atoms with Gasteiger partial charge in [-0.2, -0.15) is 5.10 Å². The minimum Gasteiger partial charge on any atom is -0.425 e. The van der Waals surface area contributed by atoms with Crippen molar-refractivity contribution in [3.63, 3.8) is 0 Å². The second kappa shape index (κ2) is 8.06. The van der Waals surface area contributed by atoms with Gasteiger partial charge in [0.15, 0.2) is 5.65 Å². The summed E-state index contributed by atoms with van der Waals surface area (Å²) in [5, 5.41) is 5.23. The molecule has 1 aliphatic rings. The van der Waals surface area contributed by atoms with Crippen molar-refractivity contribution in [2.24, 2.45) is 5.41 Å². The van der Waals surface area contributed by atoms with E-state index in [1.165, 1.54) is 3.97 Å². The van der Waals surface area contributed by atoms with Gasteiger partial charge in [0.2, 0.25) is 0 Å². The van der Waals surface area contributed by atoms with E-state index in [4.69, 9.17) is 4.65 Å². The molecule has 4 heterocycles. The van der Waals surface area contributed by atoms with E-state index in [1.54, 1.807) is 42.7 Å². The molecule has 1 fully saturated rings. The summed E-state index contributed by atoms with van der Waals surface area (Å²) in [7, 11) is -3.83. The fraction of sp³-hybridized carbons (Fsp3) is 0.385. The van der Waals surface area contributed by atoms with Gasteiger partial charge in [0.25, 0.3) is 10.0 Å². The van der Waals surface area contributed by atoms with Crippen molar-refractivity contribution < 1.29 is 13.1 Å². The topological polar surface area (TPSA) is 79.0 Å². The molecule has 0 atom stereocenters. The molecule has 9 heteroatoms. The molecule has 0 spiro atoms. The van der Waals surface area contributed by atoms with Gasteiger partial charge in [0.05, 0.1) is 16.7 Å². The lowest BCUT2D eigenvalue weighted by molar-refractivity contribution is 0.0376. The first-order valence-corrected chi connectivity index (χ1v) is 13.4. The Kier molecular flexibility index (Phi) is 5.49. The Labute approximate surface area is 207 Å². The third kappa shape index (κ3) is 3.91. The molecule has 0 radical (unpaired) electrons. The van der Waals surface area contributed by atoms with Crippen LogP contribution in [0.5, 0.6) is 0 Å². The highest BCUT2D eigenvalue weighted by Crippen LogP contribution is 2.45. The van der Waals surface area contributed by atoms with Crippen LogP contribution in [0.1, 0.15) is 47.6 Å². The Hall–Kier alpha value is -2.91. The maximum absolute atomic E-state index is 13.6. The van der Waals surface area contributed by atoms with Crippen molar-refractivity contribution in [1.82, 2.24) is 18.7 Å². The molecule has 1 aliphatic heterocycles. The second-order valence-electron chi connectivity index (χ2n) is 10.8. The Morgan fingerprint density at radius 1 is 1.03 bits per heavy atom. The van der Waals surface area contributed by atoms with Crippen LogP contribution < -0.4 is 5.46 Å². The van der Waals surface area contributed by atoms with Gasteiger partial charge < -0.3 is 4.65 Å². The molecule has 35 heavy (non-hydrogen) atoms. The smallest absolute Gasteiger partial charge is 0.330 e. The molecule has 0 bridgehead atoms. The van der Waals surface area contributed by atoms with Crippen molar-refractivity contribution in [2.75, 3.05) is 0 Å². The summed E-state index contributed by atoms with van der Waals surface area (Å²) in [6.45, 7) is 12.5. The van der Waals surface area contributed by atoms with Crippen molar-refractivity contribution >= 4 is 33.4 Å². The van der Waals surface area contributed by atoms with Crippen LogP contribution in [-0.4, -0.2) is 39.7 Å². The summed E-state index contributed by atoms with van der Waals surface area (Å²) < 4.78 is 37.0. The molecule has 1 aromatic carbocycles. The van der Waals surface area contributed by atoms with Gasteiger partial charge in [0, 0.05) is 41.1 Å². The van der Waals surface area contributed by atoms with Crippen LogP contribution in [0.3, 0.4) is 0 Å². The third-order valence-electron chi connectivity index (χ3n) is 7.52. The predicted octanol–water partition coefficient (Wildman–Crippen LogP) is 4.75. The molecule has 3 aromatic heterocycles. The van der Waals surface area contributed by atoms with Crippen molar-refractivity contribution in [2.45, 2.75) is 64.4 Å². The Morgan fingerprint density at radius 3 is 2.34 bits per heavy atom. The lowest BCUT2D eigenvalue weighted by Crippen LogP contribution is -2.36. The number of rotatable bonds is 5. The summed E-state index contributed by atoms with van der Waals surface area (Å²) in [5.74, 6) is 0. The predicted molar refractivity (Wildman–Crippen MR) is 140 cm³/mol. The average Bonchev–Trinajstić information content (AvgIpc) is 3.49. The van der Waals surface area contributed by atoms with Crippen molar-refractivity contribution in [1.29, 1.82) is 0 Å². The van der Waals surface area contributed by atoms with E-state index >= 15 is 0 Å². The molecule has 0 N–H and O–H groups in total. The van der Waals surface area contributed by atoms with Gasteiger partial charge >= 0.3 is 6.92 Å². The largest absolute Gasteiger partial charge is 0.425 e. The maximum Gasteiger partial charge on any atom is 0.330 e. The molecule has 0 saturated carbocycles. The van der Waals surface area contributed by atoms with Gasteiger partial charge in [-0.05, 0) is 63.1 Å². The van der Waals surface area contributed by atoms with Crippen molar-refractivity contribution in [3.05, 3.63) is 61.2 Å². The molecule has 0 amide bonds. The Morgan fingerprint density at radius 2 is 1.74 bits per heavy atom. The van der Waals surface area contributed by atoms with E-state index in [9.17, 15) is 8.42 Å². The highest BCUT2D eigenvalue weighted by Gasteiger charge is 2.50. The van der Waals surface area contributed by atoms with Crippen LogP contribution in [-0.2, 0) is 14.7 Å². The van der Waals surface area contributed by atoms with Gasteiger partial charge in [-0.25, -0.2) is 17.4 Å². The first-order valence-electron chi connectivity index (χ1n) is 11.9. The van der Waals surface area contributed by atoms with E-state index in [-0.39, 0.29) is 28.9 Å². The monoisotopic (exact) mass is 490 g/mol. The molecule has 0 unspecified atom stereocenters. The van der Waals surface area contributed by atoms with E-state index in [1.807, 2.05) is 23.1 Å². The molecule has 182 valence electrons. The van der Waals surface area contributed by atoms with Crippen LogP contribution in [0.4, 0.5) is 0 Å². The summed E-state index contributed by atoms with van der Waals surface area (Å²) in [5.41, 5.74) is 2.63. The van der Waals surface area contributed by atoms with Crippen molar-refractivity contribution in [3.8, 4) is 11.1 Å². The van der Waals surface area contributed by atoms with E-state index < -0.39 is 10.0 Å². The number of hydrogen-bond donors (Lipinski definition) is 0. The lowest BCUT2D eigenvalue weighted by atomic mass is 9.54. The Bertz CT molecular complexity index is 1490. The fourth-order valence-electron chi connectivity index (χ4n) is 4.62. The highest BCUT2D eigenvalue weighted by atomic mass is 32.2. The zero-order chi connectivity index (χ0) is 25.2. The van der Waals surface area contributed by atoms with E-state index in [2.05, 4.69) is 51.6 Å². The molecule has 5 rings (SSSR count). The molecule has 1 saturated heterocycles. The molecule has 4 aromatic rings. The minimum atomic E-state index is -3.83. The number of benzene rings is 1. The third-order valence-corrected chi connectivity index (χ3v) is 9.18. The van der Waals surface area contributed by atoms with Crippen LogP contribution in [0.15, 0.2) is 66.1 Å². The lowest BCUT2D eigenvalue weighted by Gasteiger charge is -2.34. The zero-order valence-corrected chi connectivity index (χ0v) is 21.9. The zero-order valence-electron chi connectivity index (χ0n) is 21.1. The average molecular weight is 490 g/mol. The van der Waals surface area contributed by atoms with Crippen LogP contribution in [0.25, 0.3) is 22.2 Å². The number of aromatic nitrogens is 4. The van der Waals surface area contributed by atoms with Crippen LogP contribution in [0, 0.1) is 5.41 Å². The number of fused-ring (bicyclic) bond motifs is 1. The normalized spacial score (nSPS) is 17.5. The summed E-state index contributed by atoms with van der Waals surface area (Å²) >= 11 is 0. The molecule has 7 nitrogen and oxygen atoms in total. The van der Waals surface area contributed by atoms with Crippen LogP contribution in [0.2, 0.25) is 6.32 Å². The maximum atomic E-state index is 13.6. The highest BCUT2D eigenvalue weighted by molar-refractivity contribution is 7.90. The number of hydrogen-bond acceptors (Lipinski definition) is 5. The minimum absolute atomic E-state index is 0.0756. The Balaban J connectivity index is 1.71. The number of nitrogens with zero attached hydrogens (tertiary/aromatic N) is 4.